The number of hydrogen-bond acceptors (Lipinski definition) is 3. The predicted octanol–water partition coefficient (Wildman–Crippen LogP) is 2.53. The molecule has 0 aliphatic carbocycles. The van der Waals surface area contributed by atoms with Crippen molar-refractivity contribution in [1.29, 1.82) is 0 Å². The monoisotopic (exact) mass is 273 g/mol. The highest BCUT2D eigenvalue weighted by atomic mass is 32.2. The van der Waals surface area contributed by atoms with E-state index in [2.05, 4.69) is 6.92 Å². The van der Waals surface area contributed by atoms with Crippen molar-refractivity contribution in [3.05, 3.63) is 0 Å². The fourth-order valence-electron chi connectivity index (χ4n) is 2.30. The zero-order chi connectivity index (χ0) is 13.4. The van der Waals surface area contributed by atoms with Crippen LogP contribution in [0.15, 0.2) is 0 Å². The molecular formula is C14H27NO2S. The first-order valence-corrected chi connectivity index (χ1v) is 8.34. The van der Waals surface area contributed by atoms with E-state index in [-0.39, 0.29) is 17.9 Å². The molecule has 1 rings (SSSR count). The maximum atomic E-state index is 12.0. The number of carbonyl (C=O) groups is 1. The summed E-state index contributed by atoms with van der Waals surface area (Å²) in [5.41, 5.74) is 0. The summed E-state index contributed by atoms with van der Waals surface area (Å²) < 4.78 is 0. The number of hydrogen-bond donors (Lipinski definition) is 1. The number of rotatable bonds is 7. The van der Waals surface area contributed by atoms with Gasteiger partial charge in [-0.3, -0.25) is 4.79 Å². The van der Waals surface area contributed by atoms with Crippen LogP contribution in [0, 0.1) is 5.92 Å². The van der Waals surface area contributed by atoms with E-state index in [0.29, 0.717) is 6.42 Å². The van der Waals surface area contributed by atoms with Gasteiger partial charge in [-0.2, -0.15) is 11.8 Å². The molecule has 1 saturated heterocycles. The minimum absolute atomic E-state index is 0.268. The van der Waals surface area contributed by atoms with E-state index in [9.17, 15) is 9.90 Å². The van der Waals surface area contributed by atoms with Crippen LogP contribution in [-0.2, 0) is 4.79 Å². The topological polar surface area (TPSA) is 40.5 Å². The standard InChI is InChI=1S/C14H27NO2S/c1-3-4-9-18-10-7-14(17)15-8-5-6-13(11-15)12(2)16/h12-13,16H,3-11H2,1-2H3. The van der Waals surface area contributed by atoms with Crippen LogP contribution in [-0.4, -0.2) is 46.6 Å². The third kappa shape index (κ3) is 5.61. The van der Waals surface area contributed by atoms with Gasteiger partial charge < -0.3 is 10.0 Å². The predicted molar refractivity (Wildman–Crippen MR) is 77.8 cm³/mol. The van der Waals surface area contributed by atoms with E-state index >= 15 is 0 Å². The summed E-state index contributed by atoms with van der Waals surface area (Å²) in [6.07, 6.45) is 4.91. The minimum Gasteiger partial charge on any atom is -0.393 e. The summed E-state index contributed by atoms with van der Waals surface area (Å²) in [6.45, 7) is 5.65. The second-order valence-electron chi connectivity index (χ2n) is 5.20. The highest BCUT2D eigenvalue weighted by Gasteiger charge is 2.25. The summed E-state index contributed by atoms with van der Waals surface area (Å²) in [5.74, 6) is 2.65. The normalized spacial score (nSPS) is 21.9. The van der Waals surface area contributed by atoms with Gasteiger partial charge >= 0.3 is 0 Å². The minimum atomic E-state index is -0.292. The molecule has 0 aromatic heterocycles. The van der Waals surface area contributed by atoms with Crippen LogP contribution in [0.2, 0.25) is 0 Å². The van der Waals surface area contributed by atoms with Gasteiger partial charge in [0.1, 0.15) is 0 Å². The van der Waals surface area contributed by atoms with E-state index in [0.717, 1.165) is 31.7 Å². The van der Waals surface area contributed by atoms with E-state index in [4.69, 9.17) is 0 Å². The first-order chi connectivity index (χ1) is 8.65. The van der Waals surface area contributed by atoms with Crippen molar-refractivity contribution in [3.8, 4) is 0 Å². The van der Waals surface area contributed by atoms with Crippen molar-refractivity contribution >= 4 is 17.7 Å². The van der Waals surface area contributed by atoms with Crippen LogP contribution in [0.5, 0.6) is 0 Å². The molecular weight excluding hydrogens is 246 g/mol. The number of thioether (sulfide) groups is 1. The Balaban J connectivity index is 2.20. The van der Waals surface area contributed by atoms with Gasteiger partial charge in [0.15, 0.2) is 0 Å². The van der Waals surface area contributed by atoms with Crippen LogP contribution in [0.1, 0.15) is 46.0 Å². The van der Waals surface area contributed by atoms with Crippen molar-refractivity contribution in [2.75, 3.05) is 24.6 Å². The van der Waals surface area contributed by atoms with Crippen LogP contribution in [0.25, 0.3) is 0 Å². The van der Waals surface area contributed by atoms with Crippen LogP contribution in [0.4, 0.5) is 0 Å². The average Bonchev–Trinajstić information content (AvgIpc) is 2.38. The molecule has 18 heavy (non-hydrogen) atoms. The largest absolute Gasteiger partial charge is 0.393 e. The van der Waals surface area contributed by atoms with Gasteiger partial charge in [0.2, 0.25) is 5.91 Å². The Morgan fingerprint density at radius 3 is 2.94 bits per heavy atom. The molecule has 3 nitrogen and oxygen atoms in total. The molecule has 106 valence electrons. The lowest BCUT2D eigenvalue weighted by Gasteiger charge is -2.34. The van der Waals surface area contributed by atoms with Gasteiger partial charge in [0, 0.05) is 31.2 Å². The summed E-state index contributed by atoms with van der Waals surface area (Å²) in [4.78, 5) is 14.0. The zero-order valence-corrected chi connectivity index (χ0v) is 12.5. The maximum Gasteiger partial charge on any atom is 0.223 e. The summed E-state index contributed by atoms with van der Waals surface area (Å²) >= 11 is 1.88. The van der Waals surface area contributed by atoms with Crippen molar-refractivity contribution in [3.63, 3.8) is 0 Å². The second kappa shape index (κ2) is 8.81. The Morgan fingerprint density at radius 2 is 2.28 bits per heavy atom. The molecule has 2 atom stereocenters. The highest BCUT2D eigenvalue weighted by Crippen LogP contribution is 2.20. The molecule has 0 radical (unpaired) electrons. The van der Waals surface area contributed by atoms with Crippen LogP contribution >= 0.6 is 11.8 Å². The van der Waals surface area contributed by atoms with Crippen LogP contribution in [0.3, 0.4) is 0 Å². The number of aliphatic hydroxyl groups is 1. The van der Waals surface area contributed by atoms with Crippen molar-refractivity contribution < 1.29 is 9.90 Å². The fourth-order valence-corrected chi connectivity index (χ4v) is 3.31. The van der Waals surface area contributed by atoms with Gasteiger partial charge in [0.25, 0.3) is 0 Å². The molecule has 0 aromatic rings. The average molecular weight is 273 g/mol. The number of aliphatic hydroxyl groups excluding tert-OH is 1. The van der Waals surface area contributed by atoms with Crippen LogP contribution < -0.4 is 0 Å². The lowest BCUT2D eigenvalue weighted by Crippen LogP contribution is -2.43. The molecule has 0 spiro atoms. The lowest BCUT2D eigenvalue weighted by atomic mass is 9.93. The molecule has 2 unspecified atom stereocenters. The number of carbonyl (C=O) groups excluding carboxylic acids is 1. The van der Waals surface area contributed by atoms with Gasteiger partial charge in [-0.05, 0) is 31.9 Å². The number of likely N-dealkylation sites (tertiary alicyclic amines) is 1. The quantitative estimate of drug-likeness (QED) is 0.725. The van der Waals surface area contributed by atoms with E-state index in [1.807, 2.05) is 23.6 Å². The molecule has 1 aliphatic heterocycles. The number of unbranched alkanes of at least 4 members (excludes halogenated alkanes) is 1. The van der Waals surface area contributed by atoms with Crippen molar-refractivity contribution in [1.82, 2.24) is 4.90 Å². The van der Waals surface area contributed by atoms with Gasteiger partial charge in [-0.1, -0.05) is 13.3 Å². The SMILES string of the molecule is CCCCSCCC(=O)N1CCCC(C(C)O)C1. The molecule has 1 N–H and O–H groups in total. The molecule has 0 bridgehead atoms. The lowest BCUT2D eigenvalue weighted by molar-refractivity contribution is -0.133. The Morgan fingerprint density at radius 1 is 1.50 bits per heavy atom. The number of piperidine rings is 1. The smallest absolute Gasteiger partial charge is 0.223 e. The summed E-state index contributed by atoms with van der Waals surface area (Å²) in [5, 5.41) is 9.61. The number of amides is 1. The summed E-state index contributed by atoms with van der Waals surface area (Å²) in [7, 11) is 0. The first-order valence-electron chi connectivity index (χ1n) is 7.18. The van der Waals surface area contributed by atoms with Gasteiger partial charge in [-0.15, -0.1) is 0 Å². The molecule has 1 amide bonds. The second-order valence-corrected chi connectivity index (χ2v) is 6.42. The Bertz CT molecular complexity index is 246. The van der Waals surface area contributed by atoms with Crippen molar-refractivity contribution in [2.45, 2.75) is 52.1 Å². The van der Waals surface area contributed by atoms with Gasteiger partial charge in [0.05, 0.1) is 6.10 Å². The zero-order valence-electron chi connectivity index (χ0n) is 11.7. The Kier molecular flexibility index (Phi) is 7.75. The first kappa shape index (κ1) is 15.8. The fraction of sp³-hybridized carbons (Fsp3) is 0.929. The molecule has 1 heterocycles. The van der Waals surface area contributed by atoms with E-state index in [1.165, 1.54) is 18.6 Å². The van der Waals surface area contributed by atoms with Gasteiger partial charge in [-0.25, -0.2) is 0 Å². The van der Waals surface area contributed by atoms with E-state index < -0.39 is 0 Å². The number of nitrogens with zero attached hydrogens (tertiary/aromatic N) is 1. The molecule has 4 heteroatoms. The molecule has 0 aromatic carbocycles. The van der Waals surface area contributed by atoms with E-state index in [1.54, 1.807) is 0 Å². The highest BCUT2D eigenvalue weighted by molar-refractivity contribution is 7.99. The maximum absolute atomic E-state index is 12.0. The van der Waals surface area contributed by atoms with Crippen molar-refractivity contribution in [2.24, 2.45) is 5.92 Å². The Hall–Kier alpha value is -0.220. The third-order valence-electron chi connectivity index (χ3n) is 3.60. The molecule has 1 aliphatic rings. The summed E-state index contributed by atoms with van der Waals surface area (Å²) in [6, 6.07) is 0. The Labute approximate surface area is 115 Å². The molecule has 1 fully saturated rings. The molecule has 0 saturated carbocycles. The third-order valence-corrected chi connectivity index (χ3v) is 4.67.